The van der Waals surface area contributed by atoms with Crippen LogP contribution in [-0.4, -0.2) is 12.6 Å². The van der Waals surface area contributed by atoms with Crippen LogP contribution in [0.15, 0.2) is 0 Å². The lowest BCUT2D eigenvalue weighted by molar-refractivity contribution is -0.696. The van der Waals surface area contributed by atoms with E-state index in [1.54, 1.807) is 0 Å². The van der Waals surface area contributed by atoms with Crippen LogP contribution < -0.4 is 5.32 Å². The number of hydrogen-bond donors (Lipinski definition) is 1. The zero-order valence-electron chi connectivity index (χ0n) is 5.85. The van der Waals surface area contributed by atoms with Gasteiger partial charge in [0, 0.05) is 6.42 Å². The topological polar surface area (TPSA) is 16.6 Å². The van der Waals surface area contributed by atoms with Crippen molar-refractivity contribution in [3.8, 4) is 0 Å². The summed E-state index contributed by atoms with van der Waals surface area (Å²) in [6, 6.07) is 0.888. The summed E-state index contributed by atoms with van der Waals surface area (Å²) < 4.78 is 0. The zero-order chi connectivity index (χ0) is 5.98. The van der Waals surface area contributed by atoms with E-state index in [-0.39, 0.29) is 0 Å². The molecule has 0 aromatic heterocycles. The van der Waals surface area contributed by atoms with Crippen molar-refractivity contribution in [3.05, 3.63) is 0 Å². The fraction of sp³-hybridized carbons (Fsp3) is 1.00. The monoisotopic (exact) mass is 114 g/mol. The summed E-state index contributed by atoms with van der Waals surface area (Å²) in [6.07, 6.45) is 2.84. The smallest absolute Gasteiger partial charge is 0.0833 e. The molecule has 0 bridgehead atoms. The summed E-state index contributed by atoms with van der Waals surface area (Å²) in [4.78, 5) is 0. The highest BCUT2D eigenvalue weighted by molar-refractivity contribution is 4.59. The van der Waals surface area contributed by atoms with Gasteiger partial charge in [-0.2, -0.15) is 0 Å². The second-order valence-electron chi connectivity index (χ2n) is 3.13. The van der Waals surface area contributed by atoms with E-state index in [4.69, 9.17) is 0 Å². The Morgan fingerprint density at radius 2 is 2.12 bits per heavy atom. The van der Waals surface area contributed by atoms with Gasteiger partial charge in [0.25, 0.3) is 0 Å². The molecule has 0 amide bonds. The maximum atomic E-state index is 2.44. The fourth-order valence-electron chi connectivity index (χ4n) is 1.51. The van der Waals surface area contributed by atoms with Gasteiger partial charge >= 0.3 is 0 Å². The van der Waals surface area contributed by atoms with E-state index in [1.165, 1.54) is 19.4 Å². The average Bonchev–Trinajstić information content (AvgIpc) is 1.64. The number of hydrogen-bond acceptors (Lipinski definition) is 0. The van der Waals surface area contributed by atoms with Crippen molar-refractivity contribution < 1.29 is 5.32 Å². The van der Waals surface area contributed by atoms with E-state index in [2.05, 4.69) is 19.2 Å². The molecule has 1 fully saturated rings. The minimum atomic E-state index is 0.888. The Labute approximate surface area is 51.5 Å². The van der Waals surface area contributed by atoms with Gasteiger partial charge in [0.2, 0.25) is 0 Å². The maximum absolute atomic E-state index is 2.44. The quantitative estimate of drug-likeness (QED) is 0.468. The van der Waals surface area contributed by atoms with E-state index < -0.39 is 0 Å². The molecule has 0 saturated carbocycles. The van der Waals surface area contributed by atoms with Crippen molar-refractivity contribution in [1.29, 1.82) is 0 Å². The Morgan fingerprint density at radius 3 is 2.50 bits per heavy atom. The minimum Gasteiger partial charge on any atom is -0.344 e. The molecular formula is C7H16N+. The fourth-order valence-corrected chi connectivity index (χ4v) is 1.51. The first-order valence-electron chi connectivity index (χ1n) is 3.62. The molecule has 1 aliphatic heterocycles. The summed E-state index contributed by atoms with van der Waals surface area (Å²) in [7, 11) is 0. The molecule has 1 saturated heterocycles. The normalized spacial score (nSPS) is 39.8. The molecule has 1 heterocycles. The highest BCUT2D eigenvalue weighted by Crippen LogP contribution is 2.09. The molecule has 0 aromatic rings. The summed E-state index contributed by atoms with van der Waals surface area (Å²) in [5, 5.41) is 2.44. The first-order valence-corrected chi connectivity index (χ1v) is 3.62. The van der Waals surface area contributed by atoms with Gasteiger partial charge in [-0.3, -0.25) is 0 Å². The lowest BCUT2D eigenvalue weighted by Crippen LogP contribution is -2.91. The Bertz CT molecular complexity index is 62.8. The number of piperidine rings is 1. The van der Waals surface area contributed by atoms with Gasteiger partial charge in [0.15, 0.2) is 0 Å². The first kappa shape index (κ1) is 6.09. The van der Waals surface area contributed by atoms with Gasteiger partial charge in [0.1, 0.15) is 0 Å². The Balaban J connectivity index is 2.23. The van der Waals surface area contributed by atoms with Crippen molar-refractivity contribution in [2.75, 3.05) is 6.54 Å². The average molecular weight is 114 g/mol. The third kappa shape index (κ3) is 1.48. The van der Waals surface area contributed by atoms with Crippen LogP contribution in [0.5, 0.6) is 0 Å². The Kier molecular flexibility index (Phi) is 1.90. The van der Waals surface area contributed by atoms with E-state index in [0.717, 1.165) is 12.0 Å². The van der Waals surface area contributed by atoms with Crippen LogP contribution in [0.25, 0.3) is 0 Å². The van der Waals surface area contributed by atoms with Crippen molar-refractivity contribution >= 4 is 0 Å². The zero-order valence-corrected chi connectivity index (χ0v) is 5.85. The van der Waals surface area contributed by atoms with Crippen molar-refractivity contribution in [1.82, 2.24) is 0 Å². The first-order chi connectivity index (χ1) is 3.79. The molecule has 1 aliphatic rings. The van der Waals surface area contributed by atoms with Crippen molar-refractivity contribution in [3.63, 3.8) is 0 Å². The largest absolute Gasteiger partial charge is 0.344 e. The van der Waals surface area contributed by atoms with Crippen molar-refractivity contribution in [2.24, 2.45) is 5.92 Å². The third-order valence-corrected chi connectivity index (χ3v) is 2.00. The third-order valence-electron chi connectivity index (χ3n) is 2.00. The minimum absolute atomic E-state index is 0.888. The summed E-state index contributed by atoms with van der Waals surface area (Å²) in [5.74, 6) is 0.981. The van der Waals surface area contributed by atoms with Gasteiger partial charge in [0.05, 0.1) is 12.6 Å². The molecular weight excluding hydrogens is 98.1 g/mol. The van der Waals surface area contributed by atoms with Crippen LogP contribution in [0.4, 0.5) is 0 Å². The van der Waals surface area contributed by atoms with Crippen LogP contribution in [0.1, 0.15) is 26.7 Å². The predicted octanol–water partition coefficient (Wildman–Crippen LogP) is 0.368. The number of quaternary nitrogens is 1. The summed E-state index contributed by atoms with van der Waals surface area (Å²) >= 11 is 0. The highest BCUT2D eigenvalue weighted by atomic mass is 14.9. The van der Waals surface area contributed by atoms with Crippen LogP contribution in [0.2, 0.25) is 0 Å². The van der Waals surface area contributed by atoms with Crippen LogP contribution in [-0.2, 0) is 0 Å². The van der Waals surface area contributed by atoms with Crippen LogP contribution >= 0.6 is 0 Å². The number of rotatable bonds is 0. The lowest BCUT2D eigenvalue weighted by atomic mass is 9.96. The van der Waals surface area contributed by atoms with Gasteiger partial charge in [-0.25, -0.2) is 0 Å². The van der Waals surface area contributed by atoms with E-state index >= 15 is 0 Å². The van der Waals surface area contributed by atoms with E-state index in [1.807, 2.05) is 0 Å². The summed E-state index contributed by atoms with van der Waals surface area (Å²) in [6.45, 7) is 6.02. The van der Waals surface area contributed by atoms with E-state index in [9.17, 15) is 0 Å². The lowest BCUT2D eigenvalue weighted by Gasteiger charge is -2.21. The highest BCUT2D eigenvalue weighted by Gasteiger charge is 2.16. The Morgan fingerprint density at radius 1 is 1.38 bits per heavy atom. The summed E-state index contributed by atoms with van der Waals surface area (Å²) in [5.41, 5.74) is 0. The number of nitrogens with two attached hydrogens (primary N) is 1. The van der Waals surface area contributed by atoms with Gasteiger partial charge in [-0.05, 0) is 19.3 Å². The van der Waals surface area contributed by atoms with Crippen LogP contribution in [0.3, 0.4) is 0 Å². The van der Waals surface area contributed by atoms with Crippen molar-refractivity contribution in [2.45, 2.75) is 32.7 Å². The molecule has 0 radical (unpaired) electrons. The molecule has 1 nitrogen and oxygen atoms in total. The van der Waals surface area contributed by atoms with Gasteiger partial charge in [-0.15, -0.1) is 0 Å². The molecule has 0 aliphatic carbocycles. The SMILES string of the molecule is C[C@@H]1CC[NH2+][C@H](C)C1. The Hall–Kier alpha value is -0.0400. The van der Waals surface area contributed by atoms with E-state index in [0.29, 0.717) is 0 Å². The molecule has 0 aromatic carbocycles. The standard InChI is InChI=1S/C7H15N/c1-6-3-4-8-7(2)5-6/h6-8H,3-5H2,1-2H3/p+1/t6-,7-/m1/s1. The van der Waals surface area contributed by atoms with Gasteiger partial charge < -0.3 is 5.32 Å². The second-order valence-corrected chi connectivity index (χ2v) is 3.13. The maximum Gasteiger partial charge on any atom is 0.0833 e. The molecule has 48 valence electrons. The second kappa shape index (κ2) is 2.49. The molecule has 0 spiro atoms. The molecule has 2 atom stereocenters. The predicted molar refractivity (Wildman–Crippen MR) is 34.7 cm³/mol. The van der Waals surface area contributed by atoms with Crippen LogP contribution in [0, 0.1) is 5.92 Å². The van der Waals surface area contributed by atoms with Gasteiger partial charge in [-0.1, -0.05) is 6.92 Å². The molecule has 2 N–H and O–H groups in total. The molecule has 8 heavy (non-hydrogen) atoms. The molecule has 0 unspecified atom stereocenters. The molecule has 1 heteroatoms. The molecule has 1 rings (SSSR count).